The van der Waals surface area contributed by atoms with E-state index in [1.165, 1.54) is 13.2 Å². The number of amides is 2. The maximum absolute atomic E-state index is 12.2. The van der Waals surface area contributed by atoms with Crippen LogP contribution >= 0.6 is 0 Å². The number of carbonyl (C=O) groups excluding carboxylic acids is 3. The van der Waals surface area contributed by atoms with Crippen LogP contribution in [0.25, 0.3) is 0 Å². The summed E-state index contributed by atoms with van der Waals surface area (Å²) >= 11 is 0. The zero-order valence-electron chi connectivity index (χ0n) is 15.2. The number of ether oxygens (including phenoxy) is 2. The first-order valence-electron chi connectivity index (χ1n) is 8.50. The summed E-state index contributed by atoms with van der Waals surface area (Å²) in [6, 6.07) is 10.1. The number of benzene rings is 1. The number of carbonyl (C=O) groups is 3. The van der Waals surface area contributed by atoms with Crippen molar-refractivity contribution in [3.8, 4) is 5.75 Å². The van der Waals surface area contributed by atoms with Crippen LogP contribution in [-0.4, -0.2) is 37.0 Å². The molecule has 0 saturated heterocycles. The summed E-state index contributed by atoms with van der Waals surface area (Å²) in [6.07, 6.45) is 0.497. The predicted octanol–water partition coefficient (Wildman–Crippen LogP) is 1.66. The lowest BCUT2D eigenvalue weighted by Gasteiger charge is -2.14. The van der Waals surface area contributed by atoms with Crippen molar-refractivity contribution in [2.24, 2.45) is 0 Å². The van der Waals surface area contributed by atoms with E-state index >= 15 is 0 Å². The van der Waals surface area contributed by atoms with Gasteiger partial charge >= 0.3 is 5.97 Å². The van der Waals surface area contributed by atoms with Gasteiger partial charge in [-0.25, -0.2) is 0 Å². The number of hydrogen-bond acceptors (Lipinski definition) is 6. The van der Waals surface area contributed by atoms with Gasteiger partial charge in [0.15, 0.2) is 6.10 Å². The molecule has 1 aromatic carbocycles. The molecule has 0 aliphatic rings. The molecule has 0 radical (unpaired) electrons. The molecule has 0 aliphatic heterocycles. The van der Waals surface area contributed by atoms with Gasteiger partial charge < -0.3 is 24.5 Å². The van der Waals surface area contributed by atoms with Crippen LogP contribution in [0, 0.1) is 0 Å². The van der Waals surface area contributed by atoms with Crippen LogP contribution in [0.1, 0.15) is 30.0 Å². The third-order valence-corrected chi connectivity index (χ3v) is 3.52. The second kappa shape index (κ2) is 10.0. The fraction of sp³-hybridized carbons (Fsp3) is 0.316. The average molecular weight is 374 g/mol. The molecule has 0 bridgehead atoms. The van der Waals surface area contributed by atoms with Crippen molar-refractivity contribution in [1.82, 2.24) is 10.6 Å². The molecule has 0 fully saturated rings. The molecular formula is C19H22N2O6. The van der Waals surface area contributed by atoms with Gasteiger partial charge in [0.05, 0.1) is 25.0 Å². The molecule has 8 heteroatoms. The lowest BCUT2D eigenvalue weighted by molar-refractivity contribution is -0.153. The summed E-state index contributed by atoms with van der Waals surface area (Å²) in [5.41, 5.74) is 0.316. The summed E-state index contributed by atoms with van der Waals surface area (Å²) in [4.78, 5) is 36.0. The molecule has 2 amide bonds. The number of furan rings is 1. The van der Waals surface area contributed by atoms with E-state index in [0.717, 1.165) is 0 Å². The van der Waals surface area contributed by atoms with E-state index in [2.05, 4.69) is 10.6 Å². The first-order chi connectivity index (χ1) is 13.0. The van der Waals surface area contributed by atoms with E-state index in [1.54, 1.807) is 36.4 Å². The van der Waals surface area contributed by atoms with Crippen molar-refractivity contribution < 1.29 is 28.3 Å². The molecule has 2 aromatic rings. The highest BCUT2D eigenvalue weighted by molar-refractivity contribution is 5.98. The number of para-hydroxylation sites is 1. The average Bonchev–Trinajstić information content (AvgIpc) is 3.18. The van der Waals surface area contributed by atoms with Gasteiger partial charge in [-0.2, -0.15) is 0 Å². The maximum Gasteiger partial charge on any atom is 0.326 e. The van der Waals surface area contributed by atoms with Crippen molar-refractivity contribution in [2.75, 3.05) is 13.2 Å². The number of hydrogen-bond donors (Lipinski definition) is 2. The highest BCUT2D eigenvalue weighted by atomic mass is 16.5. The van der Waals surface area contributed by atoms with Crippen molar-refractivity contribution in [2.45, 2.75) is 26.5 Å². The van der Waals surface area contributed by atoms with Crippen LogP contribution in [0.4, 0.5) is 0 Å². The van der Waals surface area contributed by atoms with Gasteiger partial charge in [0, 0.05) is 0 Å². The van der Waals surface area contributed by atoms with E-state index in [9.17, 15) is 14.4 Å². The fourth-order valence-corrected chi connectivity index (χ4v) is 2.21. The lowest BCUT2D eigenvalue weighted by atomic mass is 10.2. The van der Waals surface area contributed by atoms with E-state index in [1.807, 2.05) is 6.92 Å². The summed E-state index contributed by atoms with van der Waals surface area (Å²) in [6.45, 7) is 3.50. The van der Waals surface area contributed by atoms with E-state index in [-0.39, 0.29) is 13.1 Å². The first kappa shape index (κ1) is 20.0. The number of nitrogens with one attached hydrogen (secondary N) is 2. The normalized spacial score (nSPS) is 11.3. The molecule has 144 valence electrons. The molecule has 0 saturated carbocycles. The second-order valence-corrected chi connectivity index (χ2v) is 5.54. The number of esters is 1. The van der Waals surface area contributed by atoms with Crippen LogP contribution in [0.2, 0.25) is 0 Å². The van der Waals surface area contributed by atoms with Crippen LogP contribution in [0.15, 0.2) is 47.1 Å². The molecule has 0 unspecified atom stereocenters. The van der Waals surface area contributed by atoms with Crippen molar-refractivity contribution in [1.29, 1.82) is 0 Å². The number of rotatable bonds is 9. The van der Waals surface area contributed by atoms with Gasteiger partial charge in [-0.3, -0.25) is 14.4 Å². The van der Waals surface area contributed by atoms with Crippen LogP contribution in [-0.2, 0) is 20.9 Å². The molecule has 1 atom stereocenters. The van der Waals surface area contributed by atoms with Gasteiger partial charge in [0.1, 0.15) is 18.1 Å². The molecule has 8 nitrogen and oxygen atoms in total. The Kier molecular flexibility index (Phi) is 7.42. The van der Waals surface area contributed by atoms with Crippen LogP contribution in [0.5, 0.6) is 5.75 Å². The Hall–Kier alpha value is -3.29. The second-order valence-electron chi connectivity index (χ2n) is 5.54. The highest BCUT2D eigenvalue weighted by Gasteiger charge is 2.19. The third-order valence-electron chi connectivity index (χ3n) is 3.52. The smallest absolute Gasteiger partial charge is 0.326 e. The van der Waals surface area contributed by atoms with Gasteiger partial charge in [-0.1, -0.05) is 12.1 Å². The molecule has 27 heavy (non-hydrogen) atoms. The SMILES string of the molecule is CCOc1ccccc1C(=O)NCC(=O)O[C@@H](C)C(=O)NCc1ccco1. The Balaban J connectivity index is 1.78. The summed E-state index contributed by atoms with van der Waals surface area (Å²) < 4.78 is 15.5. The topological polar surface area (TPSA) is 107 Å². The Labute approximate surface area is 156 Å². The summed E-state index contributed by atoms with van der Waals surface area (Å²) in [5.74, 6) is -0.643. The van der Waals surface area contributed by atoms with E-state index < -0.39 is 23.9 Å². The van der Waals surface area contributed by atoms with Gasteiger partial charge in [0.2, 0.25) is 0 Å². The minimum Gasteiger partial charge on any atom is -0.493 e. The third kappa shape index (κ3) is 6.18. The predicted molar refractivity (Wildman–Crippen MR) is 96.1 cm³/mol. The largest absolute Gasteiger partial charge is 0.493 e. The Morgan fingerprint density at radius 1 is 1.11 bits per heavy atom. The highest BCUT2D eigenvalue weighted by Crippen LogP contribution is 2.17. The van der Waals surface area contributed by atoms with Crippen molar-refractivity contribution in [3.63, 3.8) is 0 Å². The Bertz CT molecular complexity index is 772. The summed E-state index contributed by atoms with van der Waals surface area (Å²) in [7, 11) is 0. The molecule has 2 rings (SSSR count). The first-order valence-corrected chi connectivity index (χ1v) is 8.50. The molecule has 0 spiro atoms. The van der Waals surface area contributed by atoms with Crippen LogP contribution < -0.4 is 15.4 Å². The Morgan fingerprint density at radius 2 is 1.89 bits per heavy atom. The van der Waals surface area contributed by atoms with E-state index in [0.29, 0.717) is 23.7 Å². The van der Waals surface area contributed by atoms with Crippen molar-refractivity contribution in [3.05, 3.63) is 54.0 Å². The molecule has 2 N–H and O–H groups in total. The van der Waals surface area contributed by atoms with E-state index in [4.69, 9.17) is 13.9 Å². The monoisotopic (exact) mass is 374 g/mol. The quantitative estimate of drug-likeness (QED) is 0.647. The van der Waals surface area contributed by atoms with Gasteiger partial charge in [0.25, 0.3) is 11.8 Å². The fourth-order valence-electron chi connectivity index (χ4n) is 2.21. The summed E-state index contributed by atoms with van der Waals surface area (Å²) in [5, 5.41) is 5.04. The van der Waals surface area contributed by atoms with Gasteiger partial charge in [-0.05, 0) is 38.1 Å². The maximum atomic E-state index is 12.2. The Morgan fingerprint density at radius 3 is 2.59 bits per heavy atom. The zero-order chi connectivity index (χ0) is 19.6. The van der Waals surface area contributed by atoms with Crippen molar-refractivity contribution >= 4 is 17.8 Å². The minimum atomic E-state index is -1.000. The minimum absolute atomic E-state index is 0.193. The molecule has 0 aliphatic carbocycles. The van der Waals surface area contributed by atoms with Gasteiger partial charge in [-0.15, -0.1) is 0 Å². The lowest BCUT2D eigenvalue weighted by Crippen LogP contribution is -2.38. The standard InChI is InChI=1S/C19H22N2O6/c1-3-25-16-9-5-4-8-15(16)19(24)21-12-17(22)27-13(2)18(23)20-11-14-7-6-10-26-14/h4-10,13H,3,11-12H2,1-2H3,(H,20,23)(H,21,24)/t13-/m0/s1. The zero-order valence-corrected chi connectivity index (χ0v) is 15.2. The van der Waals surface area contributed by atoms with Crippen LogP contribution in [0.3, 0.4) is 0 Å². The molecule has 1 heterocycles. The molecule has 1 aromatic heterocycles. The molecular weight excluding hydrogens is 352 g/mol.